The summed E-state index contributed by atoms with van der Waals surface area (Å²) >= 11 is 9.11. The largest absolute Gasteiger partial charge is 0.502 e. The van der Waals surface area contributed by atoms with E-state index in [0.29, 0.717) is 5.56 Å². The van der Waals surface area contributed by atoms with Crippen molar-refractivity contribution in [1.82, 2.24) is 4.98 Å². The first-order valence-electron chi connectivity index (χ1n) is 5.63. The number of benzene rings is 1. The lowest BCUT2D eigenvalue weighted by molar-refractivity contribution is 0.449. The number of hydrogen-bond donors (Lipinski definition) is 1. The van der Waals surface area contributed by atoms with Gasteiger partial charge in [0.1, 0.15) is 10.7 Å². The third-order valence-corrected chi connectivity index (χ3v) is 3.56. The second-order valence-electron chi connectivity index (χ2n) is 4.12. The Hall–Kier alpha value is -1.85. The Balaban J connectivity index is 2.33. The number of aromatic hydroxyl groups is 1. The second kappa shape index (κ2) is 4.92. The zero-order valence-corrected chi connectivity index (χ0v) is 12.3. The van der Waals surface area contributed by atoms with E-state index in [4.69, 9.17) is 16.0 Å². The van der Waals surface area contributed by atoms with E-state index >= 15 is 0 Å². The number of pyridine rings is 1. The van der Waals surface area contributed by atoms with Gasteiger partial charge in [0.2, 0.25) is 11.2 Å². The van der Waals surface area contributed by atoms with Crippen LogP contribution in [-0.4, -0.2) is 10.1 Å². The first-order chi connectivity index (χ1) is 9.56. The number of nitrogens with zero attached hydrogens (tertiary/aromatic N) is 1. The Bertz CT molecular complexity index is 859. The van der Waals surface area contributed by atoms with E-state index in [2.05, 4.69) is 20.9 Å². The van der Waals surface area contributed by atoms with Crippen molar-refractivity contribution in [2.45, 2.75) is 0 Å². The highest BCUT2D eigenvalue weighted by Gasteiger charge is 2.15. The Kier molecular flexibility index (Phi) is 3.23. The molecule has 1 aromatic carbocycles. The zero-order valence-electron chi connectivity index (χ0n) is 9.93. The molecule has 6 heteroatoms. The molecule has 0 atom stereocenters. The molecule has 3 rings (SSSR count). The van der Waals surface area contributed by atoms with Crippen LogP contribution in [0.1, 0.15) is 0 Å². The van der Waals surface area contributed by atoms with Crippen molar-refractivity contribution >= 4 is 38.5 Å². The van der Waals surface area contributed by atoms with Gasteiger partial charge in [-0.1, -0.05) is 27.5 Å². The fourth-order valence-corrected chi connectivity index (χ4v) is 2.27. The standard InChI is InChI=1S/C14H7BrClNO3/c15-8-3-1-7(2-4-8)14-13(19)12(18)9-6-17-11(16)5-10(9)20-14/h1-6,19H. The van der Waals surface area contributed by atoms with Crippen molar-refractivity contribution in [3.8, 4) is 17.1 Å². The highest BCUT2D eigenvalue weighted by Crippen LogP contribution is 2.31. The summed E-state index contributed by atoms with van der Waals surface area (Å²) in [6, 6.07) is 8.49. The number of rotatable bonds is 1. The predicted octanol–water partition coefficient (Wildman–Crippen LogP) is 3.98. The molecule has 0 aliphatic heterocycles. The third kappa shape index (κ3) is 2.19. The van der Waals surface area contributed by atoms with Gasteiger partial charge in [0, 0.05) is 22.3 Å². The molecule has 2 heterocycles. The Labute approximate surface area is 126 Å². The lowest BCUT2D eigenvalue weighted by atomic mass is 10.1. The summed E-state index contributed by atoms with van der Waals surface area (Å²) in [6.45, 7) is 0. The van der Waals surface area contributed by atoms with E-state index in [9.17, 15) is 9.90 Å². The van der Waals surface area contributed by atoms with E-state index in [1.165, 1.54) is 12.3 Å². The SMILES string of the molecule is O=c1c(O)c(-c2ccc(Br)cc2)oc2cc(Cl)ncc12. The van der Waals surface area contributed by atoms with Crippen LogP contribution in [0, 0.1) is 0 Å². The van der Waals surface area contributed by atoms with E-state index in [1.54, 1.807) is 24.3 Å². The highest BCUT2D eigenvalue weighted by atomic mass is 79.9. The van der Waals surface area contributed by atoms with Crippen LogP contribution in [0.15, 0.2) is 50.2 Å². The molecule has 1 N–H and O–H groups in total. The molecule has 2 aromatic heterocycles. The van der Waals surface area contributed by atoms with E-state index in [-0.39, 0.29) is 21.9 Å². The van der Waals surface area contributed by atoms with Gasteiger partial charge in [-0.05, 0) is 24.3 Å². The Morgan fingerprint density at radius 2 is 1.95 bits per heavy atom. The number of fused-ring (bicyclic) bond motifs is 1. The predicted molar refractivity (Wildman–Crippen MR) is 80.1 cm³/mol. The second-order valence-corrected chi connectivity index (χ2v) is 5.42. The minimum absolute atomic E-state index is 0.109. The van der Waals surface area contributed by atoms with Gasteiger partial charge in [0.05, 0.1) is 5.39 Å². The molecule has 0 radical (unpaired) electrons. The minimum Gasteiger partial charge on any atom is -0.502 e. The fraction of sp³-hybridized carbons (Fsp3) is 0. The maximum atomic E-state index is 12.1. The molecule has 0 saturated carbocycles. The van der Waals surface area contributed by atoms with Gasteiger partial charge in [-0.3, -0.25) is 4.79 Å². The lowest BCUT2D eigenvalue weighted by Gasteiger charge is -2.06. The summed E-state index contributed by atoms with van der Waals surface area (Å²) in [4.78, 5) is 15.9. The molecule has 0 aliphatic carbocycles. The first-order valence-corrected chi connectivity index (χ1v) is 6.80. The summed E-state index contributed by atoms with van der Waals surface area (Å²) in [5, 5.41) is 10.4. The molecule has 0 saturated heterocycles. The fourth-order valence-electron chi connectivity index (χ4n) is 1.85. The number of halogens is 2. The normalized spacial score (nSPS) is 10.9. The Morgan fingerprint density at radius 3 is 2.65 bits per heavy atom. The Morgan fingerprint density at radius 1 is 1.25 bits per heavy atom. The van der Waals surface area contributed by atoms with E-state index in [0.717, 1.165) is 4.47 Å². The smallest absolute Gasteiger partial charge is 0.236 e. The van der Waals surface area contributed by atoms with Gasteiger partial charge in [-0.2, -0.15) is 0 Å². The van der Waals surface area contributed by atoms with Crippen LogP contribution in [0.3, 0.4) is 0 Å². The number of aromatic nitrogens is 1. The van der Waals surface area contributed by atoms with E-state index < -0.39 is 11.2 Å². The maximum absolute atomic E-state index is 12.1. The molecule has 0 spiro atoms. The molecule has 0 amide bonds. The van der Waals surface area contributed by atoms with Gasteiger partial charge in [-0.25, -0.2) is 4.98 Å². The van der Waals surface area contributed by atoms with Crippen molar-refractivity contribution in [3.63, 3.8) is 0 Å². The van der Waals surface area contributed by atoms with Gasteiger partial charge in [-0.15, -0.1) is 0 Å². The molecular weight excluding hydrogens is 346 g/mol. The van der Waals surface area contributed by atoms with Crippen molar-refractivity contribution in [1.29, 1.82) is 0 Å². The van der Waals surface area contributed by atoms with Crippen LogP contribution >= 0.6 is 27.5 Å². The molecule has 0 fully saturated rings. The lowest BCUT2D eigenvalue weighted by Crippen LogP contribution is -2.03. The molecule has 0 aliphatic rings. The quantitative estimate of drug-likeness (QED) is 0.673. The van der Waals surface area contributed by atoms with E-state index in [1.807, 2.05) is 0 Å². The summed E-state index contributed by atoms with van der Waals surface area (Å²) in [5.74, 6) is -0.332. The molecule has 4 nitrogen and oxygen atoms in total. The topological polar surface area (TPSA) is 63.3 Å². The molecule has 100 valence electrons. The summed E-state index contributed by atoms with van der Waals surface area (Å²) in [7, 11) is 0. The summed E-state index contributed by atoms with van der Waals surface area (Å²) in [6.07, 6.45) is 1.29. The zero-order chi connectivity index (χ0) is 14.3. The van der Waals surface area contributed by atoms with Crippen LogP contribution in [0.2, 0.25) is 5.15 Å². The molecule has 20 heavy (non-hydrogen) atoms. The number of hydrogen-bond acceptors (Lipinski definition) is 4. The monoisotopic (exact) mass is 351 g/mol. The first kappa shape index (κ1) is 13.1. The van der Waals surface area contributed by atoms with Crippen LogP contribution in [-0.2, 0) is 0 Å². The van der Waals surface area contributed by atoms with Crippen molar-refractivity contribution in [3.05, 3.63) is 56.4 Å². The van der Waals surface area contributed by atoms with Crippen LogP contribution in [0.25, 0.3) is 22.3 Å². The van der Waals surface area contributed by atoms with Crippen molar-refractivity contribution in [2.75, 3.05) is 0 Å². The summed E-state index contributed by atoms with van der Waals surface area (Å²) in [5.41, 5.74) is 0.344. The average Bonchev–Trinajstić information content (AvgIpc) is 2.44. The third-order valence-electron chi connectivity index (χ3n) is 2.83. The van der Waals surface area contributed by atoms with Crippen LogP contribution < -0.4 is 5.43 Å². The van der Waals surface area contributed by atoms with Crippen molar-refractivity contribution < 1.29 is 9.52 Å². The van der Waals surface area contributed by atoms with Crippen LogP contribution in [0.5, 0.6) is 5.75 Å². The van der Waals surface area contributed by atoms with Gasteiger partial charge < -0.3 is 9.52 Å². The van der Waals surface area contributed by atoms with Crippen LogP contribution in [0.4, 0.5) is 0 Å². The van der Waals surface area contributed by atoms with Gasteiger partial charge in [0.25, 0.3) is 0 Å². The molecule has 0 bridgehead atoms. The summed E-state index contributed by atoms with van der Waals surface area (Å²) < 4.78 is 6.48. The molecule has 3 aromatic rings. The minimum atomic E-state index is -0.534. The van der Waals surface area contributed by atoms with Gasteiger partial charge >= 0.3 is 0 Å². The average molecular weight is 353 g/mol. The molecule has 0 unspecified atom stereocenters. The molecular formula is C14H7BrClNO3. The maximum Gasteiger partial charge on any atom is 0.236 e. The highest BCUT2D eigenvalue weighted by molar-refractivity contribution is 9.10. The van der Waals surface area contributed by atoms with Crippen molar-refractivity contribution in [2.24, 2.45) is 0 Å². The van der Waals surface area contributed by atoms with Gasteiger partial charge in [0.15, 0.2) is 5.76 Å².